The Morgan fingerprint density at radius 3 is 2.82 bits per heavy atom. The van der Waals surface area contributed by atoms with E-state index < -0.39 is 4.92 Å². The molecule has 1 amide bonds. The van der Waals surface area contributed by atoms with Crippen LogP contribution >= 0.6 is 0 Å². The van der Waals surface area contributed by atoms with Gasteiger partial charge in [-0.05, 0) is 12.5 Å². The monoisotopic (exact) mass is 304 g/mol. The molecule has 0 radical (unpaired) electrons. The van der Waals surface area contributed by atoms with E-state index in [1.54, 1.807) is 24.2 Å². The molecule has 0 unspecified atom stereocenters. The fraction of sp³-hybridized carbons (Fsp3) is 0.467. The van der Waals surface area contributed by atoms with Crippen LogP contribution in [0.2, 0.25) is 0 Å². The first-order valence-corrected chi connectivity index (χ1v) is 7.42. The van der Waals surface area contributed by atoms with E-state index in [0.717, 1.165) is 25.7 Å². The Morgan fingerprint density at radius 1 is 1.36 bits per heavy atom. The highest BCUT2D eigenvalue weighted by Crippen LogP contribution is 2.21. The highest BCUT2D eigenvalue weighted by Gasteiger charge is 2.17. The zero-order chi connectivity index (χ0) is 16.1. The van der Waals surface area contributed by atoms with E-state index in [4.69, 9.17) is 0 Å². The average Bonchev–Trinajstić information content (AvgIpc) is 2.93. The van der Waals surface area contributed by atoms with Gasteiger partial charge in [0, 0.05) is 31.1 Å². The van der Waals surface area contributed by atoms with E-state index in [2.05, 4.69) is 12.0 Å². The molecule has 0 spiro atoms. The zero-order valence-corrected chi connectivity index (χ0v) is 12.9. The Hall–Kier alpha value is -2.44. The third-order valence-corrected chi connectivity index (χ3v) is 3.62. The number of benzene rings is 1. The average molecular weight is 304 g/mol. The lowest BCUT2D eigenvalue weighted by atomic mass is 10.2. The summed E-state index contributed by atoms with van der Waals surface area (Å²) in [5.41, 5.74) is 0.409. The third kappa shape index (κ3) is 3.41. The molecule has 0 saturated heterocycles. The quantitative estimate of drug-likeness (QED) is 0.465. The molecule has 7 heteroatoms. The lowest BCUT2D eigenvalue weighted by molar-refractivity contribution is -0.384. The molecule has 1 aromatic carbocycles. The number of rotatable bonds is 6. The predicted octanol–water partition coefficient (Wildman–Crippen LogP) is 3.42. The normalized spacial score (nSPS) is 10.8. The highest BCUT2D eigenvalue weighted by molar-refractivity contribution is 5.90. The van der Waals surface area contributed by atoms with Crippen molar-refractivity contribution in [3.63, 3.8) is 0 Å². The molecule has 0 N–H and O–H groups in total. The minimum absolute atomic E-state index is 0.0485. The van der Waals surface area contributed by atoms with Crippen molar-refractivity contribution in [3.8, 4) is 0 Å². The molecule has 0 aliphatic carbocycles. The summed E-state index contributed by atoms with van der Waals surface area (Å²) in [6.45, 7) is 2.78. The highest BCUT2D eigenvalue weighted by atomic mass is 16.6. The number of nitrogens with zero attached hydrogens (tertiary/aromatic N) is 4. The molecule has 7 nitrogen and oxygen atoms in total. The van der Waals surface area contributed by atoms with Gasteiger partial charge >= 0.3 is 6.03 Å². The van der Waals surface area contributed by atoms with Gasteiger partial charge in [-0.3, -0.25) is 10.1 Å². The van der Waals surface area contributed by atoms with Crippen LogP contribution < -0.4 is 0 Å². The van der Waals surface area contributed by atoms with Gasteiger partial charge < -0.3 is 4.90 Å². The van der Waals surface area contributed by atoms with Crippen molar-refractivity contribution in [2.75, 3.05) is 13.6 Å². The summed E-state index contributed by atoms with van der Waals surface area (Å²) in [7, 11) is 1.72. The zero-order valence-electron chi connectivity index (χ0n) is 12.9. The van der Waals surface area contributed by atoms with Crippen molar-refractivity contribution >= 4 is 22.6 Å². The molecule has 0 saturated carbocycles. The summed E-state index contributed by atoms with van der Waals surface area (Å²) in [5, 5.41) is 15.6. The second kappa shape index (κ2) is 7.02. The van der Waals surface area contributed by atoms with Crippen LogP contribution in [0.5, 0.6) is 0 Å². The maximum atomic E-state index is 12.4. The largest absolute Gasteiger partial charge is 0.344 e. The number of hydrogen-bond acceptors (Lipinski definition) is 4. The first-order chi connectivity index (χ1) is 10.5. The Balaban J connectivity index is 2.17. The van der Waals surface area contributed by atoms with Gasteiger partial charge in [0.15, 0.2) is 0 Å². The summed E-state index contributed by atoms with van der Waals surface area (Å²) >= 11 is 0. The summed E-state index contributed by atoms with van der Waals surface area (Å²) < 4.78 is 1.22. The van der Waals surface area contributed by atoms with Crippen LogP contribution in [0.25, 0.3) is 10.9 Å². The van der Waals surface area contributed by atoms with Gasteiger partial charge in [-0.25, -0.2) is 4.79 Å². The van der Waals surface area contributed by atoms with Crippen LogP contribution in [0.4, 0.5) is 10.5 Å². The molecule has 1 heterocycles. The Morgan fingerprint density at radius 2 is 2.14 bits per heavy atom. The standard InChI is InChI=1S/C15H20N4O3/c1-3-4-5-6-9-17(2)15(20)18-14-10-13(19(21)22)8-7-12(14)11-16-18/h7-8,10-11H,3-6,9H2,1-2H3. The van der Waals surface area contributed by atoms with Crippen LogP contribution in [0.15, 0.2) is 24.4 Å². The summed E-state index contributed by atoms with van der Waals surface area (Å²) in [6, 6.07) is 4.12. The SMILES string of the molecule is CCCCCCN(C)C(=O)n1ncc2ccc([N+](=O)[O-])cc21. The molecule has 0 aliphatic heterocycles. The predicted molar refractivity (Wildman–Crippen MR) is 84.0 cm³/mol. The number of nitro groups is 1. The van der Waals surface area contributed by atoms with Crippen LogP contribution in [0.3, 0.4) is 0 Å². The van der Waals surface area contributed by atoms with Crippen molar-refractivity contribution in [2.45, 2.75) is 32.6 Å². The van der Waals surface area contributed by atoms with E-state index in [1.165, 1.54) is 16.8 Å². The van der Waals surface area contributed by atoms with Crippen molar-refractivity contribution < 1.29 is 9.72 Å². The van der Waals surface area contributed by atoms with Gasteiger partial charge in [0.2, 0.25) is 0 Å². The van der Waals surface area contributed by atoms with Crippen LogP contribution in [-0.2, 0) is 0 Å². The van der Waals surface area contributed by atoms with E-state index in [-0.39, 0.29) is 11.7 Å². The molecule has 0 fully saturated rings. The lowest BCUT2D eigenvalue weighted by Crippen LogP contribution is -2.32. The summed E-state index contributed by atoms with van der Waals surface area (Å²) in [6.07, 6.45) is 5.86. The van der Waals surface area contributed by atoms with Crippen molar-refractivity contribution in [1.82, 2.24) is 14.7 Å². The topological polar surface area (TPSA) is 81.3 Å². The fourth-order valence-corrected chi connectivity index (χ4v) is 2.31. The number of carbonyl (C=O) groups excluding carboxylic acids is 1. The van der Waals surface area contributed by atoms with Crippen LogP contribution in [0, 0.1) is 10.1 Å². The smallest absolute Gasteiger partial charge is 0.326 e. The molecule has 2 rings (SSSR count). The third-order valence-electron chi connectivity index (χ3n) is 3.62. The number of unbranched alkanes of at least 4 members (excludes halogenated alkanes) is 3. The summed E-state index contributed by atoms with van der Waals surface area (Å²) in [4.78, 5) is 24.4. The van der Waals surface area contributed by atoms with Crippen molar-refractivity contribution in [2.24, 2.45) is 0 Å². The first kappa shape index (κ1) is 15.9. The maximum Gasteiger partial charge on any atom is 0.344 e. The molecule has 0 atom stereocenters. The Labute approximate surface area is 128 Å². The number of amides is 1. The second-order valence-electron chi connectivity index (χ2n) is 5.32. The summed E-state index contributed by atoms with van der Waals surface area (Å²) in [5.74, 6) is 0. The van der Waals surface area contributed by atoms with Gasteiger partial charge in [0.25, 0.3) is 5.69 Å². The number of nitro benzene ring substituents is 1. The Kier molecular flexibility index (Phi) is 5.08. The van der Waals surface area contributed by atoms with Crippen molar-refractivity contribution in [3.05, 3.63) is 34.5 Å². The molecule has 1 aromatic heterocycles. The maximum absolute atomic E-state index is 12.4. The van der Waals surface area contributed by atoms with Gasteiger partial charge in [-0.15, -0.1) is 0 Å². The molecular formula is C15H20N4O3. The fourth-order valence-electron chi connectivity index (χ4n) is 2.31. The van der Waals surface area contributed by atoms with Gasteiger partial charge in [0.1, 0.15) is 0 Å². The van der Waals surface area contributed by atoms with E-state index >= 15 is 0 Å². The van der Waals surface area contributed by atoms with Crippen LogP contribution in [-0.4, -0.2) is 39.2 Å². The van der Waals surface area contributed by atoms with Gasteiger partial charge in [-0.1, -0.05) is 26.2 Å². The van der Waals surface area contributed by atoms with E-state index in [0.29, 0.717) is 17.4 Å². The second-order valence-corrected chi connectivity index (χ2v) is 5.32. The van der Waals surface area contributed by atoms with E-state index in [9.17, 15) is 14.9 Å². The first-order valence-electron chi connectivity index (χ1n) is 7.42. The molecule has 118 valence electrons. The Bertz CT molecular complexity index is 680. The number of carbonyl (C=O) groups is 1. The molecule has 0 bridgehead atoms. The van der Waals surface area contributed by atoms with Gasteiger partial charge in [0.05, 0.1) is 16.6 Å². The number of aromatic nitrogens is 2. The number of non-ortho nitro benzene ring substituents is 1. The molecule has 0 aliphatic rings. The van der Waals surface area contributed by atoms with Crippen molar-refractivity contribution in [1.29, 1.82) is 0 Å². The van der Waals surface area contributed by atoms with Gasteiger partial charge in [-0.2, -0.15) is 9.78 Å². The van der Waals surface area contributed by atoms with Crippen LogP contribution in [0.1, 0.15) is 32.6 Å². The molecular weight excluding hydrogens is 284 g/mol. The lowest BCUT2D eigenvalue weighted by Gasteiger charge is -2.16. The van der Waals surface area contributed by atoms with E-state index in [1.807, 2.05) is 0 Å². The molecule has 22 heavy (non-hydrogen) atoms. The molecule has 2 aromatic rings. The number of fused-ring (bicyclic) bond motifs is 1. The minimum atomic E-state index is -0.476. The minimum Gasteiger partial charge on any atom is -0.326 e. The number of hydrogen-bond donors (Lipinski definition) is 0.